The highest BCUT2D eigenvalue weighted by atomic mass is 16.6. The summed E-state index contributed by atoms with van der Waals surface area (Å²) in [5.41, 5.74) is 2.59. The number of hydrogen-bond donors (Lipinski definition) is 1. The number of pyridine rings is 1. The Hall–Kier alpha value is -5.31. The summed E-state index contributed by atoms with van der Waals surface area (Å²) in [5, 5.41) is 11.5. The van der Waals surface area contributed by atoms with Crippen LogP contribution in [0.25, 0.3) is 5.76 Å². The fourth-order valence-electron chi connectivity index (χ4n) is 5.13. The molecule has 0 unspecified atom stereocenters. The molecule has 0 bridgehead atoms. The van der Waals surface area contributed by atoms with E-state index in [0.29, 0.717) is 53.9 Å². The molecule has 0 aliphatic carbocycles. The molecular formula is C33H28N2O7. The van der Waals surface area contributed by atoms with Crippen LogP contribution in [0.15, 0.2) is 96.8 Å². The maximum absolute atomic E-state index is 13.5. The SMILES string of the molecule is COc1cc([C@H]2C(=C(O)c3ccc4c(c3)OCCO4)C(=O)C(=O)N2Cc2cccnc2)ccc1OCc1ccccc1. The first-order valence-electron chi connectivity index (χ1n) is 13.5. The largest absolute Gasteiger partial charge is 0.507 e. The number of amides is 1. The van der Waals surface area contributed by atoms with Crippen LogP contribution in [-0.2, 0) is 22.7 Å². The number of fused-ring (bicyclic) bond motifs is 1. The molecule has 2 aliphatic rings. The summed E-state index contributed by atoms with van der Waals surface area (Å²) >= 11 is 0. The quantitative estimate of drug-likeness (QED) is 0.180. The number of methoxy groups -OCH3 is 1. The average molecular weight is 565 g/mol. The number of ketones is 1. The first-order chi connectivity index (χ1) is 20.5. The van der Waals surface area contributed by atoms with Gasteiger partial charge in [0.05, 0.1) is 18.7 Å². The molecular weight excluding hydrogens is 536 g/mol. The van der Waals surface area contributed by atoms with Crippen LogP contribution < -0.4 is 18.9 Å². The number of Topliss-reactive ketones (excluding diaryl/α,β-unsaturated/α-hetero) is 1. The minimum Gasteiger partial charge on any atom is -0.507 e. The Morgan fingerprint density at radius 2 is 1.71 bits per heavy atom. The lowest BCUT2D eigenvalue weighted by Crippen LogP contribution is -2.29. The fraction of sp³-hybridized carbons (Fsp3) is 0.182. The molecule has 212 valence electrons. The number of likely N-dealkylation sites (tertiary alicyclic amines) is 1. The Morgan fingerprint density at radius 3 is 2.48 bits per heavy atom. The standard InChI is InChI=1S/C33H28N2O7/c1-39-27-16-23(9-11-25(27)42-20-21-6-3-2-4-7-21)30-29(31(36)24-10-12-26-28(17-24)41-15-14-40-26)32(37)33(38)35(30)19-22-8-5-13-34-18-22/h2-13,16-18,30,36H,14-15,19-20H2,1H3/t30-/m0/s1. The van der Waals surface area contributed by atoms with Gasteiger partial charge in [0.15, 0.2) is 23.0 Å². The van der Waals surface area contributed by atoms with Crippen molar-refractivity contribution in [2.75, 3.05) is 20.3 Å². The number of carbonyl (C=O) groups is 2. The molecule has 3 aromatic carbocycles. The first-order valence-corrected chi connectivity index (χ1v) is 13.5. The van der Waals surface area contributed by atoms with Crippen LogP contribution >= 0.6 is 0 Å². The van der Waals surface area contributed by atoms with E-state index < -0.39 is 17.7 Å². The predicted molar refractivity (Wildman–Crippen MR) is 153 cm³/mol. The van der Waals surface area contributed by atoms with E-state index >= 15 is 0 Å². The van der Waals surface area contributed by atoms with E-state index in [1.54, 1.807) is 54.9 Å². The van der Waals surface area contributed by atoms with Crippen LogP contribution in [-0.4, -0.2) is 47.0 Å². The van der Waals surface area contributed by atoms with Crippen molar-refractivity contribution in [1.29, 1.82) is 0 Å². The Bertz CT molecular complexity index is 1650. The number of carbonyl (C=O) groups excluding carboxylic acids is 2. The lowest BCUT2D eigenvalue weighted by molar-refractivity contribution is -0.140. The second kappa shape index (κ2) is 11.7. The van der Waals surface area contributed by atoms with Gasteiger partial charge in [-0.3, -0.25) is 14.6 Å². The molecule has 4 aromatic rings. The normalized spacial score (nSPS) is 17.3. The first kappa shape index (κ1) is 26.9. The van der Waals surface area contributed by atoms with Crippen LogP contribution in [0, 0.1) is 0 Å². The Labute approximate surface area is 242 Å². The summed E-state index contributed by atoms with van der Waals surface area (Å²) in [6, 6.07) is 22.6. The number of rotatable bonds is 8. The minimum atomic E-state index is -0.907. The average Bonchev–Trinajstić information content (AvgIpc) is 3.29. The highest BCUT2D eigenvalue weighted by molar-refractivity contribution is 6.46. The number of hydrogen-bond acceptors (Lipinski definition) is 8. The van der Waals surface area contributed by atoms with Crippen molar-refractivity contribution in [2.45, 2.75) is 19.2 Å². The lowest BCUT2D eigenvalue weighted by atomic mass is 9.94. The molecule has 0 radical (unpaired) electrons. The minimum absolute atomic E-state index is 0.0411. The van der Waals surface area contributed by atoms with E-state index in [1.165, 1.54) is 12.0 Å². The summed E-state index contributed by atoms with van der Waals surface area (Å²) in [4.78, 5) is 32.6. The Balaban J connectivity index is 1.42. The van der Waals surface area contributed by atoms with Crippen LogP contribution in [0.4, 0.5) is 0 Å². The van der Waals surface area contributed by atoms with Crippen molar-refractivity contribution in [3.05, 3.63) is 119 Å². The summed E-state index contributed by atoms with van der Waals surface area (Å²) in [6.45, 7) is 1.23. The number of aromatic nitrogens is 1. The second-order valence-electron chi connectivity index (χ2n) is 9.83. The molecule has 9 nitrogen and oxygen atoms in total. The zero-order valence-electron chi connectivity index (χ0n) is 22.9. The molecule has 1 amide bonds. The van der Waals surface area contributed by atoms with Crippen LogP contribution in [0.1, 0.15) is 28.3 Å². The lowest BCUT2D eigenvalue weighted by Gasteiger charge is -2.26. The third kappa shape index (κ3) is 5.24. The molecule has 0 spiro atoms. The Morgan fingerprint density at radius 1 is 0.929 bits per heavy atom. The number of ether oxygens (including phenoxy) is 4. The monoisotopic (exact) mass is 564 g/mol. The van der Waals surface area contributed by atoms with E-state index in [0.717, 1.165) is 11.1 Å². The molecule has 1 saturated heterocycles. The molecule has 42 heavy (non-hydrogen) atoms. The van der Waals surface area contributed by atoms with Crippen molar-refractivity contribution in [3.8, 4) is 23.0 Å². The van der Waals surface area contributed by atoms with Crippen LogP contribution in [0.3, 0.4) is 0 Å². The topological polar surface area (TPSA) is 107 Å². The van der Waals surface area contributed by atoms with Crippen molar-refractivity contribution < 1.29 is 33.6 Å². The van der Waals surface area contributed by atoms with E-state index in [1.807, 2.05) is 36.4 Å². The van der Waals surface area contributed by atoms with Gasteiger partial charge in [0.25, 0.3) is 11.7 Å². The zero-order chi connectivity index (χ0) is 29.1. The van der Waals surface area contributed by atoms with Crippen LogP contribution in [0.5, 0.6) is 23.0 Å². The van der Waals surface area contributed by atoms with Gasteiger partial charge in [0.2, 0.25) is 0 Å². The molecule has 1 fully saturated rings. The van der Waals surface area contributed by atoms with Crippen LogP contribution in [0.2, 0.25) is 0 Å². The van der Waals surface area contributed by atoms with Crippen molar-refractivity contribution in [3.63, 3.8) is 0 Å². The smallest absolute Gasteiger partial charge is 0.295 e. The van der Waals surface area contributed by atoms with Crippen molar-refractivity contribution >= 4 is 17.4 Å². The van der Waals surface area contributed by atoms with E-state index in [-0.39, 0.29) is 17.9 Å². The molecule has 0 saturated carbocycles. The van der Waals surface area contributed by atoms with Crippen molar-refractivity contribution in [2.24, 2.45) is 0 Å². The molecule has 1 aromatic heterocycles. The van der Waals surface area contributed by atoms with Gasteiger partial charge < -0.3 is 29.0 Å². The summed E-state index contributed by atoms with van der Waals surface area (Å²) in [7, 11) is 1.52. The maximum atomic E-state index is 13.5. The third-order valence-electron chi connectivity index (χ3n) is 7.17. The van der Waals surface area contributed by atoms with Crippen molar-refractivity contribution in [1.82, 2.24) is 9.88 Å². The maximum Gasteiger partial charge on any atom is 0.295 e. The van der Waals surface area contributed by atoms with E-state index in [4.69, 9.17) is 18.9 Å². The number of nitrogens with zero attached hydrogens (tertiary/aromatic N) is 2. The summed E-state index contributed by atoms with van der Waals surface area (Å²) in [5.74, 6) is 0.0875. The second-order valence-corrected chi connectivity index (χ2v) is 9.83. The van der Waals surface area contributed by atoms with Gasteiger partial charge in [-0.25, -0.2) is 0 Å². The van der Waals surface area contributed by atoms with Gasteiger partial charge >= 0.3 is 0 Å². The zero-order valence-corrected chi connectivity index (χ0v) is 22.9. The fourth-order valence-corrected chi connectivity index (χ4v) is 5.13. The highest BCUT2D eigenvalue weighted by Crippen LogP contribution is 2.43. The van der Waals surface area contributed by atoms with Gasteiger partial charge in [-0.05, 0) is 53.1 Å². The Kier molecular flexibility index (Phi) is 7.47. The van der Waals surface area contributed by atoms with Gasteiger partial charge in [-0.2, -0.15) is 0 Å². The van der Waals surface area contributed by atoms with Gasteiger partial charge in [0.1, 0.15) is 25.6 Å². The molecule has 3 heterocycles. The third-order valence-corrected chi connectivity index (χ3v) is 7.17. The number of aliphatic hydroxyl groups is 1. The van der Waals surface area contributed by atoms with Gasteiger partial charge in [-0.15, -0.1) is 0 Å². The number of aliphatic hydroxyl groups excluding tert-OH is 1. The summed E-state index contributed by atoms with van der Waals surface area (Å²) in [6.07, 6.45) is 3.27. The van der Waals surface area contributed by atoms with Gasteiger partial charge in [0, 0.05) is 24.5 Å². The molecule has 1 N–H and O–H groups in total. The number of benzene rings is 3. The summed E-state index contributed by atoms with van der Waals surface area (Å²) < 4.78 is 22.9. The molecule has 9 heteroatoms. The molecule has 2 aliphatic heterocycles. The predicted octanol–water partition coefficient (Wildman–Crippen LogP) is 5.06. The molecule has 6 rings (SSSR count). The van der Waals surface area contributed by atoms with Gasteiger partial charge in [-0.1, -0.05) is 42.5 Å². The van der Waals surface area contributed by atoms with E-state index in [2.05, 4.69) is 4.98 Å². The highest BCUT2D eigenvalue weighted by Gasteiger charge is 2.46. The molecule has 1 atom stereocenters. The van der Waals surface area contributed by atoms with E-state index in [9.17, 15) is 14.7 Å².